The molecule has 0 radical (unpaired) electrons. The molecule has 4 heteroatoms. The highest BCUT2D eigenvalue weighted by atomic mass is 16.2. The topological polar surface area (TPSA) is 54.9 Å². The molecule has 0 aliphatic heterocycles. The van der Waals surface area contributed by atoms with Crippen LogP contribution < -0.4 is 11.2 Å². The lowest BCUT2D eigenvalue weighted by atomic mass is 10.1. The quantitative estimate of drug-likeness (QED) is 0.818. The molecule has 0 amide bonds. The molecular formula is C11H18N2O2. The lowest BCUT2D eigenvalue weighted by Gasteiger charge is -2.08. The molecular weight excluding hydrogens is 192 g/mol. The normalized spacial score (nSPS) is 10.9. The molecule has 1 heterocycles. The molecule has 0 aliphatic carbocycles. The Morgan fingerprint density at radius 1 is 1.40 bits per heavy atom. The average Bonchev–Trinajstić information content (AvgIpc) is 2.16. The van der Waals surface area contributed by atoms with Gasteiger partial charge in [0.15, 0.2) is 0 Å². The van der Waals surface area contributed by atoms with Crippen molar-refractivity contribution in [1.29, 1.82) is 0 Å². The van der Waals surface area contributed by atoms with Gasteiger partial charge in [0.25, 0.3) is 5.56 Å². The smallest absolute Gasteiger partial charge is 0.300 e. The van der Waals surface area contributed by atoms with Gasteiger partial charge >= 0.3 is 5.69 Å². The van der Waals surface area contributed by atoms with Crippen molar-refractivity contribution in [3.8, 4) is 0 Å². The Bertz CT molecular complexity index is 429. The maximum Gasteiger partial charge on any atom is 0.328 e. The number of nitrogens with one attached hydrogen (secondary N) is 1. The van der Waals surface area contributed by atoms with Gasteiger partial charge in [-0.15, -0.1) is 0 Å². The third kappa shape index (κ3) is 2.81. The maximum absolute atomic E-state index is 11.4. The van der Waals surface area contributed by atoms with Crippen molar-refractivity contribution in [2.24, 2.45) is 0 Å². The van der Waals surface area contributed by atoms with Crippen LogP contribution in [0.2, 0.25) is 0 Å². The van der Waals surface area contributed by atoms with E-state index in [2.05, 4.69) is 11.9 Å². The molecule has 0 aliphatic rings. The Kier molecular flexibility index (Phi) is 3.88. The van der Waals surface area contributed by atoms with Crippen molar-refractivity contribution >= 4 is 0 Å². The predicted molar refractivity (Wildman–Crippen MR) is 60.3 cm³/mol. The monoisotopic (exact) mass is 210 g/mol. The average molecular weight is 210 g/mol. The first kappa shape index (κ1) is 11.8. The Morgan fingerprint density at radius 2 is 2.07 bits per heavy atom. The van der Waals surface area contributed by atoms with Crippen LogP contribution in [0.4, 0.5) is 0 Å². The summed E-state index contributed by atoms with van der Waals surface area (Å²) in [7, 11) is 0. The third-order valence-corrected chi connectivity index (χ3v) is 2.41. The van der Waals surface area contributed by atoms with Crippen molar-refractivity contribution in [2.75, 3.05) is 0 Å². The maximum atomic E-state index is 11.4. The van der Waals surface area contributed by atoms with E-state index in [0.717, 1.165) is 12.8 Å². The van der Waals surface area contributed by atoms with E-state index < -0.39 is 0 Å². The molecule has 0 bridgehead atoms. The van der Waals surface area contributed by atoms with Crippen LogP contribution in [0.25, 0.3) is 0 Å². The van der Waals surface area contributed by atoms with Gasteiger partial charge in [-0.1, -0.05) is 27.2 Å². The molecule has 84 valence electrons. The predicted octanol–water partition coefficient (Wildman–Crippen LogP) is 1.46. The Labute approximate surface area is 89.0 Å². The van der Waals surface area contributed by atoms with E-state index in [-0.39, 0.29) is 17.2 Å². The van der Waals surface area contributed by atoms with Gasteiger partial charge in [0.05, 0.1) is 0 Å². The van der Waals surface area contributed by atoms with E-state index in [1.807, 2.05) is 13.8 Å². The largest absolute Gasteiger partial charge is 0.328 e. The molecule has 1 aromatic heterocycles. The summed E-state index contributed by atoms with van der Waals surface area (Å²) in [6.07, 6.45) is 3.66. The molecule has 0 fully saturated rings. The van der Waals surface area contributed by atoms with Crippen molar-refractivity contribution in [2.45, 2.75) is 46.1 Å². The molecule has 0 saturated carbocycles. The van der Waals surface area contributed by atoms with Gasteiger partial charge in [0.1, 0.15) is 0 Å². The van der Waals surface area contributed by atoms with E-state index in [4.69, 9.17) is 0 Å². The fourth-order valence-corrected chi connectivity index (χ4v) is 1.43. The van der Waals surface area contributed by atoms with Crippen LogP contribution in [0.15, 0.2) is 15.8 Å². The van der Waals surface area contributed by atoms with Gasteiger partial charge in [0, 0.05) is 18.3 Å². The molecule has 0 atom stereocenters. The highest BCUT2D eigenvalue weighted by Crippen LogP contribution is 2.06. The van der Waals surface area contributed by atoms with Gasteiger partial charge in [-0.25, -0.2) is 4.79 Å². The molecule has 15 heavy (non-hydrogen) atoms. The minimum absolute atomic E-state index is 0.141. The zero-order valence-electron chi connectivity index (χ0n) is 9.54. The van der Waals surface area contributed by atoms with E-state index in [1.54, 1.807) is 10.8 Å². The number of aromatic nitrogens is 2. The molecule has 1 N–H and O–H groups in total. The minimum atomic E-state index is -0.308. The number of rotatable bonds is 4. The van der Waals surface area contributed by atoms with Gasteiger partial charge in [0.2, 0.25) is 0 Å². The highest BCUT2D eigenvalue weighted by molar-refractivity contribution is 5.09. The summed E-state index contributed by atoms with van der Waals surface area (Å²) >= 11 is 0. The second-order valence-corrected chi connectivity index (χ2v) is 4.05. The summed E-state index contributed by atoms with van der Waals surface area (Å²) in [5.74, 6) is 0.141. The summed E-state index contributed by atoms with van der Waals surface area (Å²) < 4.78 is 1.58. The number of unbranched alkanes of at least 4 members (excludes halogenated alkanes) is 1. The van der Waals surface area contributed by atoms with Gasteiger partial charge < -0.3 is 4.57 Å². The lowest BCUT2D eigenvalue weighted by Crippen LogP contribution is -2.32. The van der Waals surface area contributed by atoms with E-state index >= 15 is 0 Å². The number of hydrogen-bond acceptors (Lipinski definition) is 2. The summed E-state index contributed by atoms with van der Waals surface area (Å²) in [6.45, 7) is 6.63. The molecule has 0 saturated heterocycles. The standard InChI is InChI=1S/C11H18N2O2/c1-4-5-6-13-7-9(8(2)3)10(14)12-11(13)15/h7-8H,4-6H2,1-3H3,(H,12,14,15). The second kappa shape index (κ2) is 4.96. The van der Waals surface area contributed by atoms with Crippen LogP contribution in [0.1, 0.15) is 45.1 Å². The molecule has 0 spiro atoms. The number of aromatic amines is 1. The molecule has 1 aromatic rings. The molecule has 1 rings (SSSR count). The summed E-state index contributed by atoms with van der Waals surface area (Å²) in [5, 5.41) is 0. The zero-order valence-corrected chi connectivity index (χ0v) is 9.54. The molecule has 4 nitrogen and oxygen atoms in total. The zero-order chi connectivity index (χ0) is 11.4. The SMILES string of the molecule is CCCCn1cc(C(C)C)c(=O)[nH]c1=O. The summed E-state index contributed by atoms with van der Waals surface area (Å²) in [4.78, 5) is 25.2. The van der Waals surface area contributed by atoms with Crippen LogP contribution in [0.5, 0.6) is 0 Å². The van der Waals surface area contributed by atoms with Crippen LogP contribution >= 0.6 is 0 Å². The number of nitrogens with zero attached hydrogens (tertiary/aromatic N) is 1. The van der Waals surface area contributed by atoms with E-state index in [1.165, 1.54) is 0 Å². The first-order valence-electron chi connectivity index (χ1n) is 5.40. The first-order valence-corrected chi connectivity index (χ1v) is 5.40. The Morgan fingerprint density at radius 3 is 2.60 bits per heavy atom. The van der Waals surface area contributed by atoms with Crippen LogP contribution in [-0.2, 0) is 6.54 Å². The molecule has 0 aromatic carbocycles. The first-order chi connectivity index (χ1) is 7.06. The van der Waals surface area contributed by atoms with Crippen molar-refractivity contribution < 1.29 is 0 Å². The van der Waals surface area contributed by atoms with Gasteiger partial charge in [-0.3, -0.25) is 9.78 Å². The van der Waals surface area contributed by atoms with Crippen LogP contribution in [0.3, 0.4) is 0 Å². The fourth-order valence-electron chi connectivity index (χ4n) is 1.43. The van der Waals surface area contributed by atoms with Crippen LogP contribution in [-0.4, -0.2) is 9.55 Å². The Hall–Kier alpha value is -1.32. The fraction of sp³-hybridized carbons (Fsp3) is 0.636. The van der Waals surface area contributed by atoms with Crippen LogP contribution in [0, 0.1) is 0 Å². The van der Waals surface area contributed by atoms with E-state index in [9.17, 15) is 9.59 Å². The van der Waals surface area contributed by atoms with Gasteiger partial charge in [-0.05, 0) is 12.3 Å². The van der Waals surface area contributed by atoms with Crippen molar-refractivity contribution in [1.82, 2.24) is 9.55 Å². The van der Waals surface area contributed by atoms with Crippen molar-refractivity contribution in [3.63, 3.8) is 0 Å². The summed E-state index contributed by atoms with van der Waals surface area (Å²) in [6, 6.07) is 0. The second-order valence-electron chi connectivity index (χ2n) is 4.05. The number of hydrogen-bond donors (Lipinski definition) is 1. The van der Waals surface area contributed by atoms with E-state index in [0.29, 0.717) is 12.1 Å². The number of aryl methyl sites for hydroxylation is 1. The van der Waals surface area contributed by atoms with Crippen molar-refractivity contribution in [3.05, 3.63) is 32.6 Å². The summed E-state index contributed by atoms with van der Waals surface area (Å²) in [5.41, 5.74) is 0.103. The lowest BCUT2D eigenvalue weighted by molar-refractivity contribution is 0.587. The highest BCUT2D eigenvalue weighted by Gasteiger charge is 2.07. The third-order valence-electron chi connectivity index (χ3n) is 2.41. The number of H-pyrrole nitrogens is 1. The Balaban J connectivity index is 3.12. The minimum Gasteiger partial charge on any atom is -0.300 e. The van der Waals surface area contributed by atoms with Gasteiger partial charge in [-0.2, -0.15) is 0 Å². The molecule has 0 unspecified atom stereocenters.